The lowest BCUT2D eigenvalue weighted by molar-refractivity contribution is -0.137. The van der Waals surface area contributed by atoms with Gasteiger partial charge in [0.2, 0.25) is 5.89 Å². The average Bonchev–Trinajstić information content (AvgIpc) is 3.05. The van der Waals surface area contributed by atoms with E-state index < -0.39 is 11.7 Å². The zero-order chi connectivity index (χ0) is 22.4. The van der Waals surface area contributed by atoms with E-state index in [2.05, 4.69) is 25.5 Å². The number of piperidine rings is 1. The van der Waals surface area contributed by atoms with E-state index in [1.807, 2.05) is 13.8 Å². The fourth-order valence-corrected chi connectivity index (χ4v) is 3.61. The summed E-state index contributed by atoms with van der Waals surface area (Å²) in [6, 6.07) is 5.16. The summed E-state index contributed by atoms with van der Waals surface area (Å²) in [5.74, 6) is 2.84. The monoisotopic (exact) mass is 437 g/mol. The molecule has 1 aliphatic heterocycles. The Balaban J connectivity index is 1.38. The molecule has 2 N–H and O–H groups in total. The molecule has 3 rings (SSSR count). The van der Waals surface area contributed by atoms with Gasteiger partial charge in [0.25, 0.3) is 0 Å². The van der Waals surface area contributed by atoms with Crippen molar-refractivity contribution in [1.29, 1.82) is 0 Å². The predicted octanol–water partition coefficient (Wildman–Crippen LogP) is 3.89. The minimum absolute atomic E-state index is 0.408. The van der Waals surface area contributed by atoms with Crippen LogP contribution in [0.1, 0.15) is 41.3 Å². The first-order valence-electron chi connectivity index (χ1n) is 10.5. The molecule has 31 heavy (non-hydrogen) atoms. The number of hydrogen-bond acceptors (Lipinski definition) is 4. The predicted molar refractivity (Wildman–Crippen MR) is 114 cm³/mol. The Morgan fingerprint density at radius 3 is 2.39 bits per heavy atom. The molecule has 1 aliphatic rings. The number of oxazole rings is 1. The van der Waals surface area contributed by atoms with E-state index >= 15 is 0 Å². The van der Waals surface area contributed by atoms with Gasteiger partial charge in [0.05, 0.1) is 17.8 Å². The van der Waals surface area contributed by atoms with Gasteiger partial charge in [0, 0.05) is 20.1 Å². The molecule has 1 fully saturated rings. The first-order valence-corrected chi connectivity index (χ1v) is 10.5. The third-order valence-corrected chi connectivity index (χ3v) is 5.66. The lowest BCUT2D eigenvalue weighted by atomic mass is 9.97. The van der Waals surface area contributed by atoms with Crippen molar-refractivity contribution in [1.82, 2.24) is 20.5 Å². The Morgan fingerprint density at radius 1 is 1.16 bits per heavy atom. The smallest absolute Gasteiger partial charge is 0.416 e. The molecular weight excluding hydrogens is 407 g/mol. The van der Waals surface area contributed by atoms with Crippen LogP contribution in [-0.2, 0) is 19.3 Å². The molecule has 170 valence electrons. The SMILES string of the molecule is CN=C(NCc1ccc(C(F)(F)F)cc1)NCC1CCN(Cc2nc(C)c(C)o2)CC1. The normalized spacial score (nSPS) is 16.5. The van der Waals surface area contributed by atoms with Crippen molar-refractivity contribution in [2.24, 2.45) is 10.9 Å². The van der Waals surface area contributed by atoms with Crippen LogP contribution in [0.25, 0.3) is 0 Å². The number of likely N-dealkylation sites (tertiary alicyclic amines) is 1. The van der Waals surface area contributed by atoms with Gasteiger partial charge in [-0.2, -0.15) is 13.2 Å². The maximum Gasteiger partial charge on any atom is 0.416 e. The molecule has 0 spiro atoms. The fraction of sp³-hybridized carbons (Fsp3) is 0.545. The number of aliphatic imine (C=N–C) groups is 1. The number of rotatable bonds is 6. The maximum absolute atomic E-state index is 12.7. The third-order valence-electron chi connectivity index (χ3n) is 5.66. The largest absolute Gasteiger partial charge is 0.444 e. The zero-order valence-electron chi connectivity index (χ0n) is 18.2. The number of aryl methyl sites for hydroxylation is 2. The molecule has 0 aliphatic carbocycles. The van der Waals surface area contributed by atoms with Gasteiger partial charge in [-0.05, 0) is 63.4 Å². The van der Waals surface area contributed by atoms with Gasteiger partial charge in [-0.15, -0.1) is 0 Å². The Bertz CT molecular complexity index is 849. The van der Waals surface area contributed by atoms with Crippen molar-refractivity contribution in [3.05, 3.63) is 52.7 Å². The summed E-state index contributed by atoms with van der Waals surface area (Å²) < 4.78 is 43.7. The first kappa shape index (κ1) is 23.1. The Labute approximate surface area is 180 Å². The van der Waals surface area contributed by atoms with Crippen molar-refractivity contribution in [3.8, 4) is 0 Å². The minimum atomic E-state index is -4.31. The van der Waals surface area contributed by atoms with Gasteiger partial charge in [0.1, 0.15) is 5.76 Å². The fourth-order valence-electron chi connectivity index (χ4n) is 3.61. The van der Waals surface area contributed by atoms with Crippen LogP contribution in [0, 0.1) is 19.8 Å². The van der Waals surface area contributed by atoms with Crippen LogP contribution in [0.2, 0.25) is 0 Å². The number of hydrogen-bond donors (Lipinski definition) is 2. The number of aromatic nitrogens is 1. The zero-order valence-corrected chi connectivity index (χ0v) is 18.2. The second kappa shape index (κ2) is 10.2. The van der Waals surface area contributed by atoms with Crippen LogP contribution in [-0.4, -0.2) is 42.5 Å². The standard InChI is InChI=1S/C22H30F3N5O/c1-15-16(2)31-20(29-15)14-30-10-8-18(9-11-30)13-28-21(26-3)27-12-17-4-6-19(7-5-17)22(23,24)25/h4-7,18H,8-14H2,1-3H3,(H2,26,27,28). The van der Waals surface area contributed by atoms with Crippen LogP contribution < -0.4 is 10.6 Å². The highest BCUT2D eigenvalue weighted by molar-refractivity contribution is 5.79. The molecule has 0 radical (unpaired) electrons. The molecule has 6 nitrogen and oxygen atoms in total. The van der Waals surface area contributed by atoms with Gasteiger partial charge in [0.15, 0.2) is 5.96 Å². The summed E-state index contributed by atoms with van der Waals surface area (Å²) in [5.41, 5.74) is 1.07. The molecule has 0 bridgehead atoms. The number of benzene rings is 1. The Kier molecular flexibility index (Phi) is 7.59. The molecule has 0 amide bonds. The number of nitrogens with one attached hydrogen (secondary N) is 2. The van der Waals surface area contributed by atoms with E-state index in [1.165, 1.54) is 12.1 Å². The van der Waals surface area contributed by atoms with Crippen LogP contribution >= 0.6 is 0 Å². The van der Waals surface area contributed by atoms with Crippen LogP contribution in [0.3, 0.4) is 0 Å². The number of guanidine groups is 1. The highest BCUT2D eigenvalue weighted by Crippen LogP contribution is 2.29. The van der Waals surface area contributed by atoms with E-state index in [0.717, 1.165) is 74.1 Å². The summed E-state index contributed by atoms with van der Waals surface area (Å²) in [7, 11) is 1.69. The number of halogens is 3. The van der Waals surface area contributed by atoms with Gasteiger partial charge in [-0.25, -0.2) is 4.98 Å². The van der Waals surface area contributed by atoms with Crippen molar-refractivity contribution in [2.45, 2.75) is 46.0 Å². The highest BCUT2D eigenvalue weighted by atomic mass is 19.4. The molecular formula is C22H30F3N5O. The topological polar surface area (TPSA) is 65.7 Å². The molecule has 0 unspecified atom stereocenters. The highest BCUT2D eigenvalue weighted by Gasteiger charge is 2.29. The molecule has 2 aromatic rings. The maximum atomic E-state index is 12.7. The molecule has 1 saturated heterocycles. The number of nitrogens with zero attached hydrogens (tertiary/aromatic N) is 3. The van der Waals surface area contributed by atoms with Crippen LogP contribution in [0.4, 0.5) is 13.2 Å². The van der Waals surface area contributed by atoms with Crippen molar-refractivity contribution >= 4 is 5.96 Å². The summed E-state index contributed by atoms with van der Waals surface area (Å²) in [6.45, 7) is 7.82. The van der Waals surface area contributed by atoms with E-state index in [9.17, 15) is 13.2 Å². The second-order valence-electron chi connectivity index (χ2n) is 7.97. The van der Waals surface area contributed by atoms with Crippen molar-refractivity contribution < 1.29 is 17.6 Å². The van der Waals surface area contributed by atoms with E-state index in [-0.39, 0.29) is 0 Å². The lowest BCUT2D eigenvalue weighted by Gasteiger charge is -2.31. The van der Waals surface area contributed by atoms with E-state index in [0.29, 0.717) is 18.4 Å². The Hall–Kier alpha value is -2.55. The first-order chi connectivity index (χ1) is 14.7. The molecule has 0 atom stereocenters. The van der Waals surface area contributed by atoms with Gasteiger partial charge >= 0.3 is 6.18 Å². The number of alkyl halides is 3. The molecule has 1 aromatic carbocycles. The van der Waals surface area contributed by atoms with Gasteiger partial charge in [-0.1, -0.05) is 12.1 Å². The Morgan fingerprint density at radius 2 is 1.84 bits per heavy atom. The van der Waals surface area contributed by atoms with Crippen LogP contribution in [0.5, 0.6) is 0 Å². The van der Waals surface area contributed by atoms with Crippen LogP contribution in [0.15, 0.2) is 33.7 Å². The third kappa shape index (κ3) is 6.72. The summed E-state index contributed by atoms with van der Waals surface area (Å²) in [5, 5.41) is 6.49. The average molecular weight is 438 g/mol. The summed E-state index contributed by atoms with van der Waals surface area (Å²) in [6.07, 6.45) is -2.17. The van der Waals surface area contributed by atoms with Gasteiger partial charge < -0.3 is 15.1 Å². The van der Waals surface area contributed by atoms with Crippen molar-refractivity contribution in [2.75, 3.05) is 26.7 Å². The van der Waals surface area contributed by atoms with Crippen molar-refractivity contribution in [3.63, 3.8) is 0 Å². The molecule has 1 aromatic heterocycles. The summed E-state index contributed by atoms with van der Waals surface area (Å²) >= 11 is 0. The summed E-state index contributed by atoms with van der Waals surface area (Å²) in [4.78, 5) is 11.0. The van der Waals surface area contributed by atoms with E-state index in [1.54, 1.807) is 7.05 Å². The second-order valence-corrected chi connectivity index (χ2v) is 7.97. The van der Waals surface area contributed by atoms with E-state index in [4.69, 9.17) is 4.42 Å². The lowest BCUT2D eigenvalue weighted by Crippen LogP contribution is -2.42. The molecule has 9 heteroatoms. The molecule has 2 heterocycles. The quantitative estimate of drug-likeness (QED) is 0.530. The minimum Gasteiger partial charge on any atom is -0.444 e. The molecule has 0 saturated carbocycles. The van der Waals surface area contributed by atoms with Gasteiger partial charge in [-0.3, -0.25) is 9.89 Å².